The average molecular weight is 279 g/mol. The summed E-state index contributed by atoms with van der Waals surface area (Å²) in [5, 5.41) is 0.573. The van der Waals surface area contributed by atoms with Crippen molar-refractivity contribution >= 4 is 17.4 Å². The highest BCUT2D eigenvalue weighted by atomic mass is 35.5. The first kappa shape index (κ1) is 13.7. The van der Waals surface area contributed by atoms with Crippen LogP contribution in [0.5, 0.6) is 0 Å². The fraction of sp³-hybridized carbons (Fsp3) is 0.133. The van der Waals surface area contributed by atoms with Gasteiger partial charge in [0.15, 0.2) is 5.78 Å². The highest BCUT2D eigenvalue weighted by Crippen LogP contribution is 2.11. The molecule has 0 heterocycles. The van der Waals surface area contributed by atoms with E-state index in [9.17, 15) is 9.18 Å². The van der Waals surface area contributed by atoms with Gasteiger partial charge >= 0.3 is 0 Å². The van der Waals surface area contributed by atoms with Crippen LogP contribution in [0, 0.1) is 5.82 Å². The van der Waals surface area contributed by atoms with Crippen molar-refractivity contribution in [1.82, 2.24) is 0 Å². The Hall–Kier alpha value is -1.71. The molecule has 0 aliphatic heterocycles. The Bertz CT molecular complexity index is 567. The third-order valence-corrected chi connectivity index (χ3v) is 2.87. The Balaban J connectivity index is 1.88. The summed E-state index contributed by atoms with van der Waals surface area (Å²) in [6.07, 6.45) is 0. The number of ether oxygens (including phenoxy) is 1. The standard InChI is InChI=1S/C15H12ClFO2/c16-13-7-5-11(6-8-13)15(18)10-19-9-12-3-1-2-4-14(12)17/h1-8H,9-10H2. The molecule has 2 nitrogen and oxygen atoms in total. The molecule has 0 radical (unpaired) electrons. The normalized spacial score (nSPS) is 10.4. The Morgan fingerprint density at radius 3 is 2.47 bits per heavy atom. The summed E-state index contributed by atoms with van der Waals surface area (Å²) in [4.78, 5) is 11.8. The van der Waals surface area contributed by atoms with Crippen molar-refractivity contribution in [3.63, 3.8) is 0 Å². The highest BCUT2D eigenvalue weighted by Gasteiger charge is 2.07. The van der Waals surface area contributed by atoms with Gasteiger partial charge in [-0.3, -0.25) is 4.79 Å². The predicted octanol–water partition coefficient (Wildman–Crippen LogP) is 3.88. The largest absolute Gasteiger partial charge is 0.369 e. The Morgan fingerprint density at radius 1 is 1.11 bits per heavy atom. The second-order valence-corrected chi connectivity index (χ2v) is 4.45. The van der Waals surface area contributed by atoms with Gasteiger partial charge in [-0.1, -0.05) is 29.8 Å². The fourth-order valence-corrected chi connectivity index (χ4v) is 1.71. The van der Waals surface area contributed by atoms with Crippen molar-refractivity contribution in [3.8, 4) is 0 Å². The second kappa shape index (κ2) is 6.45. The molecule has 0 aliphatic rings. The molecule has 2 aromatic carbocycles. The van der Waals surface area contributed by atoms with E-state index in [2.05, 4.69) is 0 Å². The van der Waals surface area contributed by atoms with Crippen LogP contribution in [0.3, 0.4) is 0 Å². The maximum Gasteiger partial charge on any atom is 0.188 e. The van der Waals surface area contributed by atoms with Crippen LogP contribution in [0.1, 0.15) is 15.9 Å². The zero-order valence-electron chi connectivity index (χ0n) is 10.1. The van der Waals surface area contributed by atoms with Crippen molar-refractivity contribution in [1.29, 1.82) is 0 Å². The molecule has 0 aromatic heterocycles. The van der Waals surface area contributed by atoms with Gasteiger partial charge in [-0.15, -0.1) is 0 Å². The first-order chi connectivity index (χ1) is 9.16. The number of halogens is 2. The highest BCUT2D eigenvalue weighted by molar-refractivity contribution is 6.30. The lowest BCUT2D eigenvalue weighted by Gasteiger charge is -2.05. The smallest absolute Gasteiger partial charge is 0.188 e. The van der Waals surface area contributed by atoms with Crippen molar-refractivity contribution < 1.29 is 13.9 Å². The van der Waals surface area contributed by atoms with E-state index in [0.29, 0.717) is 16.1 Å². The Kier molecular flexibility index (Phi) is 4.66. The first-order valence-electron chi connectivity index (χ1n) is 5.77. The molecule has 0 unspecified atom stereocenters. The number of Topliss-reactive ketones (excluding diaryl/α,β-unsaturated/α-hetero) is 1. The maximum absolute atomic E-state index is 13.3. The third kappa shape index (κ3) is 3.88. The first-order valence-corrected chi connectivity index (χ1v) is 6.14. The second-order valence-electron chi connectivity index (χ2n) is 4.01. The summed E-state index contributed by atoms with van der Waals surface area (Å²) < 4.78 is 18.5. The van der Waals surface area contributed by atoms with E-state index in [1.54, 1.807) is 42.5 Å². The zero-order valence-corrected chi connectivity index (χ0v) is 10.9. The molecule has 0 atom stereocenters. The molecule has 19 heavy (non-hydrogen) atoms. The van der Waals surface area contributed by atoms with E-state index in [1.165, 1.54) is 6.07 Å². The summed E-state index contributed by atoms with van der Waals surface area (Å²) in [5.41, 5.74) is 0.962. The van der Waals surface area contributed by atoms with E-state index < -0.39 is 0 Å². The van der Waals surface area contributed by atoms with Crippen LogP contribution < -0.4 is 0 Å². The molecule has 0 spiro atoms. The van der Waals surface area contributed by atoms with Crippen LogP contribution in [0.25, 0.3) is 0 Å². The molecular formula is C15H12ClFO2. The van der Waals surface area contributed by atoms with Crippen LogP contribution in [0.2, 0.25) is 5.02 Å². The number of rotatable bonds is 5. The molecule has 0 N–H and O–H groups in total. The Morgan fingerprint density at radius 2 is 1.79 bits per heavy atom. The number of hydrogen-bond donors (Lipinski definition) is 0. The molecule has 0 saturated carbocycles. The van der Waals surface area contributed by atoms with E-state index in [4.69, 9.17) is 16.3 Å². The SMILES string of the molecule is O=C(COCc1ccccc1F)c1ccc(Cl)cc1. The number of carbonyl (C=O) groups excluding carboxylic acids is 1. The third-order valence-electron chi connectivity index (χ3n) is 2.61. The van der Waals surface area contributed by atoms with Gasteiger partial charge in [0, 0.05) is 16.1 Å². The number of hydrogen-bond acceptors (Lipinski definition) is 2. The van der Waals surface area contributed by atoms with E-state index in [-0.39, 0.29) is 24.8 Å². The van der Waals surface area contributed by atoms with Gasteiger partial charge in [0.25, 0.3) is 0 Å². The maximum atomic E-state index is 13.3. The van der Waals surface area contributed by atoms with Crippen molar-refractivity contribution in [2.75, 3.05) is 6.61 Å². The van der Waals surface area contributed by atoms with E-state index in [1.807, 2.05) is 0 Å². The minimum atomic E-state index is -0.332. The van der Waals surface area contributed by atoms with E-state index in [0.717, 1.165) is 0 Å². The minimum absolute atomic E-state index is 0.0754. The van der Waals surface area contributed by atoms with Gasteiger partial charge in [0.05, 0.1) is 6.61 Å². The zero-order chi connectivity index (χ0) is 13.7. The summed E-state index contributed by atoms with van der Waals surface area (Å²) in [5.74, 6) is -0.491. The molecular weight excluding hydrogens is 267 g/mol. The Labute approximate surface area is 115 Å². The van der Waals surface area contributed by atoms with Crippen LogP contribution in [0.4, 0.5) is 4.39 Å². The number of benzene rings is 2. The van der Waals surface area contributed by atoms with Gasteiger partial charge in [0.2, 0.25) is 0 Å². The molecule has 0 aliphatic carbocycles. The fourth-order valence-electron chi connectivity index (χ4n) is 1.59. The van der Waals surface area contributed by atoms with E-state index >= 15 is 0 Å². The number of ketones is 1. The summed E-state index contributed by atoms with van der Waals surface area (Å²) in [7, 11) is 0. The molecule has 0 bridgehead atoms. The lowest BCUT2D eigenvalue weighted by molar-refractivity contribution is 0.0721. The van der Waals surface area contributed by atoms with Gasteiger partial charge in [-0.2, -0.15) is 0 Å². The summed E-state index contributed by atoms with van der Waals surface area (Å²) >= 11 is 5.73. The molecule has 0 fully saturated rings. The van der Waals surface area contributed by atoms with Crippen LogP contribution >= 0.6 is 11.6 Å². The minimum Gasteiger partial charge on any atom is -0.369 e. The molecule has 0 saturated heterocycles. The quantitative estimate of drug-likeness (QED) is 0.776. The van der Waals surface area contributed by atoms with Gasteiger partial charge in [-0.25, -0.2) is 4.39 Å². The number of carbonyl (C=O) groups is 1. The van der Waals surface area contributed by atoms with Gasteiger partial charge in [-0.05, 0) is 30.3 Å². The molecule has 0 amide bonds. The van der Waals surface area contributed by atoms with Gasteiger partial charge in [0.1, 0.15) is 12.4 Å². The van der Waals surface area contributed by atoms with Crippen molar-refractivity contribution in [3.05, 3.63) is 70.5 Å². The van der Waals surface area contributed by atoms with Gasteiger partial charge < -0.3 is 4.74 Å². The average Bonchev–Trinajstić information content (AvgIpc) is 2.41. The molecule has 4 heteroatoms. The molecule has 2 rings (SSSR count). The van der Waals surface area contributed by atoms with Crippen LogP contribution in [0.15, 0.2) is 48.5 Å². The lowest BCUT2D eigenvalue weighted by atomic mass is 10.1. The molecule has 2 aromatic rings. The molecule has 98 valence electrons. The van der Waals surface area contributed by atoms with Crippen molar-refractivity contribution in [2.45, 2.75) is 6.61 Å². The van der Waals surface area contributed by atoms with Crippen LogP contribution in [-0.4, -0.2) is 12.4 Å². The summed E-state index contributed by atoms with van der Waals surface area (Å²) in [6.45, 7) is -0.0119. The lowest BCUT2D eigenvalue weighted by Crippen LogP contribution is -2.09. The van der Waals surface area contributed by atoms with Crippen molar-refractivity contribution in [2.24, 2.45) is 0 Å². The van der Waals surface area contributed by atoms with Crippen LogP contribution in [-0.2, 0) is 11.3 Å². The topological polar surface area (TPSA) is 26.3 Å². The monoisotopic (exact) mass is 278 g/mol. The predicted molar refractivity (Wildman–Crippen MR) is 71.8 cm³/mol. The summed E-state index contributed by atoms with van der Waals surface area (Å²) in [6, 6.07) is 12.9.